The number of nitrogens with zero attached hydrogens (tertiary/aromatic N) is 4. The summed E-state index contributed by atoms with van der Waals surface area (Å²) in [5.41, 5.74) is 6.28. The lowest BCUT2D eigenvalue weighted by molar-refractivity contribution is -0.181. The third kappa shape index (κ3) is 6.62. The number of rotatable bonds is 12. The van der Waals surface area contributed by atoms with E-state index in [0.29, 0.717) is 29.1 Å². The van der Waals surface area contributed by atoms with Crippen molar-refractivity contribution in [1.29, 1.82) is 0 Å². The monoisotopic (exact) mass is 609 g/mol. The van der Waals surface area contributed by atoms with Gasteiger partial charge in [-0.2, -0.15) is 9.97 Å². The maximum atomic E-state index is 13.2. The molecule has 0 aliphatic carbocycles. The Morgan fingerprint density at radius 1 is 1.14 bits per heavy atom. The summed E-state index contributed by atoms with van der Waals surface area (Å²) in [7, 11) is 0. The zero-order valence-electron chi connectivity index (χ0n) is 23.7. The standard InChI is InChI=1S/C30H32ClN5O7/c1-3-40-28(39)30(18(2)37,14-19-9-11-21(12-10-19)41-15-20-7-5-4-6-8-20)42-16-22-13-23(38)27(43-22)36-17-33-24-25(32)34-29(31)35-26(24)36/h4-12,17,22-23,27,38H,3,13-16H2,1-2H3,(H2,32,34,35)/t22-,23+,27+,30?/m0/s1. The number of aliphatic hydroxyl groups excluding tert-OH is 1. The first-order valence-corrected chi connectivity index (χ1v) is 14.1. The van der Waals surface area contributed by atoms with Gasteiger partial charge in [0.25, 0.3) is 0 Å². The molecule has 5 rings (SSSR count). The molecule has 3 heterocycles. The Morgan fingerprint density at radius 2 is 1.88 bits per heavy atom. The van der Waals surface area contributed by atoms with Crippen molar-refractivity contribution in [2.75, 3.05) is 18.9 Å². The normalized spacial score (nSPS) is 19.7. The topological polar surface area (TPSA) is 161 Å². The van der Waals surface area contributed by atoms with Gasteiger partial charge in [-0.3, -0.25) is 9.36 Å². The van der Waals surface area contributed by atoms with Crippen molar-refractivity contribution in [2.24, 2.45) is 0 Å². The van der Waals surface area contributed by atoms with Crippen molar-refractivity contribution in [3.63, 3.8) is 0 Å². The van der Waals surface area contributed by atoms with Crippen LogP contribution in [0, 0.1) is 0 Å². The van der Waals surface area contributed by atoms with Crippen molar-refractivity contribution in [3.05, 3.63) is 77.3 Å². The number of halogens is 1. The van der Waals surface area contributed by atoms with Crippen LogP contribution in [-0.4, -0.2) is 67.4 Å². The summed E-state index contributed by atoms with van der Waals surface area (Å²) in [6.45, 7) is 3.23. The number of hydrogen-bond donors (Lipinski definition) is 2. The lowest BCUT2D eigenvalue weighted by Crippen LogP contribution is -2.52. The van der Waals surface area contributed by atoms with Gasteiger partial charge in [-0.05, 0) is 48.7 Å². The fraction of sp³-hybridized carbons (Fsp3) is 0.367. The highest BCUT2D eigenvalue weighted by atomic mass is 35.5. The van der Waals surface area contributed by atoms with Crippen LogP contribution >= 0.6 is 11.6 Å². The minimum atomic E-state index is -1.92. The van der Waals surface area contributed by atoms with Crippen molar-refractivity contribution in [2.45, 2.75) is 57.3 Å². The summed E-state index contributed by atoms with van der Waals surface area (Å²) in [6, 6.07) is 16.9. The Bertz CT molecular complexity index is 1580. The Labute approximate surface area is 252 Å². The molecule has 0 saturated carbocycles. The predicted octanol–water partition coefficient (Wildman–Crippen LogP) is 3.44. The molecule has 2 aromatic carbocycles. The zero-order chi connectivity index (χ0) is 30.6. The molecule has 12 nitrogen and oxygen atoms in total. The number of carbonyl (C=O) groups is 2. The van der Waals surface area contributed by atoms with Crippen LogP contribution in [0.25, 0.3) is 11.2 Å². The molecular formula is C30H32ClN5O7. The van der Waals surface area contributed by atoms with E-state index >= 15 is 0 Å². The number of fused-ring (bicyclic) bond motifs is 1. The second-order valence-corrected chi connectivity index (χ2v) is 10.5. The molecule has 3 N–H and O–H groups in total. The first-order valence-electron chi connectivity index (χ1n) is 13.8. The maximum absolute atomic E-state index is 13.2. The molecule has 0 amide bonds. The minimum Gasteiger partial charge on any atom is -0.489 e. The van der Waals surface area contributed by atoms with E-state index in [9.17, 15) is 14.7 Å². The number of aliphatic hydroxyl groups is 1. The second kappa shape index (κ2) is 13.0. The van der Waals surface area contributed by atoms with Gasteiger partial charge in [0.15, 0.2) is 23.5 Å². The quantitative estimate of drug-likeness (QED) is 0.137. The summed E-state index contributed by atoms with van der Waals surface area (Å²) >= 11 is 5.98. The molecule has 2 aromatic heterocycles. The van der Waals surface area contributed by atoms with Gasteiger partial charge >= 0.3 is 5.97 Å². The fourth-order valence-electron chi connectivity index (χ4n) is 4.95. The number of imidazole rings is 1. The third-order valence-corrected chi connectivity index (χ3v) is 7.34. The summed E-state index contributed by atoms with van der Waals surface area (Å²) in [5.74, 6) is -0.590. The molecule has 0 radical (unpaired) electrons. The lowest BCUT2D eigenvalue weighted by Gasteiger charge is -2.30. The van der Waals surface area contributed by atoms with E-state index in [2.05, 4.69) is 15.0 Å². The van der Waals surface area contributed by atoms with Crippen LogP contribution in [0.3, 0.4) is 0 Å². The van der Waals surface area contributed by atoms with E-state index in [-0.39, 0.29) is 37.2 Å². The van der Waals surface area contributed by atoms with Gasteiger partial charge in [0.05, 0.1) is 25.6 Å². The van der Waals surface area contributed by atoms with Gasteiger partial charge in [-0.1, -0.05) is 42.5 Å². The SMILES string of the molecule is CCOC(=O)C(Cc1ccc(OCc2ccccc2)cc1)(OC[C@@H]1C[C@@H](O)[C@H](n2cnc3c(N)nc(Cl)nc32)O1)C(C)=O. The molecule has 4 aromatic rings. The van der Waals surface area contributed by atoms with E-state index in [1.807, 2.05) is 30.3 Å². The van der Waals surface area contributed by atoms with E-state index in [1.54, 1.807) is 31.2 Å². The summed E-state index contributed by atoms with van der Waals surface area (Å²) in [5, 5.41) is 10.8. The van der Waals surface area contributed by atoms with E-state index in [4.69, 9.17) is 36.3 Å². The third-order valence-electron chi connectivity index (χ3n) is 7.17. The Balaban J connectivity index is 1.30. The number of carbonyl (C=O) groups excluding carboxylic acids is 2. The molecule has 1 aliphatic rings. The molecule has 1 fully saturated rings. The Morgan fingerprint density at radius 3 is 2.58 bits per heavy atom. The van der Waals surface area contributed by atoms with Crippen LogP contribution < -0.4 is 10.5 Å². The number of aromatic nitrogens is 4. The first-order chi connectivity index (χ1) is 20.7. The number of esters is 1. The molecule has 0 bridgehead atoms. The fourth-order valence-corrected chi connectivity index (χ4v) is 5.12. The number of ketones is 1. The smallest absolute Gasteiger partial charge is 0.346 e. The Kier molecular flexibility index (Phi) is 9.21. The van der Waals surface area contributed by atoms with Gasteiger partial charge in [0.1, 0.15) is 24.0 Å². The average Bonchev–Trinajstić information content (AvgIpc) is 3.58. The molecule has 43 heavy (non-hydrogen) atoms. The van der Waals surface area contributed by atoms with Gasteiger partial charge in [0, 0.05) is 12.8 Å². The van der Waals surface area contributed by atoms with Crippen LogP contribution in [0.4, 0.5) is 5.82 Å². The van der Waals surface area contributed by atoms with Gasteiger partial charge < -0.3 is 29.8 Å². The molecular weight excluding hydrogens is 578 g/mol. The van der Waals surface area contributed by atoms with Crippen LogP contribution in [0.15, 0.2) is 60.9 Å². The average molecular weight is 610 g/mol. The van der Waals surface area contributed by atoms with Crippen molar-refractivity contribution < 1.29 is 33.6 Å². The van der Waals surface area contributed by atoms with Crippen LogP contribution in [0.2, 0.25) is 5.28 Å². The number of benzene rings is 2. The van der Waals surface area contributed by atoms with Crippen LogP contribution in [0.1, 0.15) is 37.6 Å². The molecule has 1 aliphatic heterocycles. The summed E-state index contributed by atoms with van der Waals surface area (Å²) in [6.07, 6.45) is -1.02. The number of hydrogen-bond acceptors (Lipinski definition) is 11. The maximum Gasteiger partial charge on any atom is 0.346 e. The number of nitrogens with two attached hydrogens (primary N) is 1. The second-order valence-electron chi connectivity index (χ2n) is 10.2. The highest BCUT2D eigenvalue weighted by molar-refractivity contribution is 6.28. The van der Waals surface area contributed by atoms with E-state index in [1.165, 1.54) is 17.8 Å². The van der Waals surface area contributed by atoms with E-state index in [0.717, 1.165) is 5.56 Å². The van der Waals surface area contributed by atoms with Crippen molar-refractivity contribution >= 4 is 40.3 Å². The van der Waals surface area contributed by atoms with E-state index < -0.39 is 35.8 Å². The van der Waals surface area contributed by atoms with Crippen molar-refractivity contribution in [1.82, 2.24) is 19.5 Å². The highest BCUT2D eigenvalue weighted by Crippen LogP contribution is 2.33. The number of nitrogen functional groups attached to an aromatic ring is 1. The zero-order valence-corrected chi connectivity index (χ0v) is 24.4. The molecule has 1 saturated heterocycles. The first kappa shape index (κ1) is 30.4. The van der Waals surface area contributed by atoms with Crippen LogP contribution in [0.5, 0.6) is 5.75 Å². The number of anilines is 1. The molecule has 0 spiro atoms. The predicted molar refractivity (Wildman–Crippen MR) is 156 cm³/mol. The number of Topliss-reactive ketones (excluding diaryl/α,β-unsaturated/α-hetero) is 1. The van der Waals surface area contributed by atoms with Gasteiger partial charge in [-0.15, -0.1) is 0 Å². The molecule has 4 atom stereocenters. The van der Waals surface area contributed by atoms with Gasteiger partial charge in [-0.25, -0.2) is 9.78 Å². The summed E-state index contributed by atoms with van der Waals surface area (Å²) in [4.78, 5) is 38.6. The lowest BCUT2D eigenvalue weighted by atomic mass is 9.90. The largest absolute Gasteiger partial charge is 0.489 e. The molecule has 1 unspecified atom stereocenters. The van der Waals surface area contributed by atoms with Gasteiger partial charge in [0.2, 0.25) is 10.9 Å². The van der Waals surface area contributed by atoms with Crippen molar-refractivity contribution in [3.8, 4) is 5.75 Å². The Hall–Kier alpha value is -4.10. The summed E-state index contributed by atoms with van der Waals surface area (Å²) < 4.78 is 24.8. The molecule has 226 valence electrons. The number of ether oxygens (including phenoxy) is 4. The molecule has 13 heteroatoms. The highest BCUT2D eigenvalue weighted by Gasteiger charge is 2.48. The minimum absolute atomic E-state index is 0.0610. The van der Waals surface area contributed by atoms with Crippen LogP contribution in [-0.2, 0) is 36.8 Å².